The molecule has 4 atom stereocenters. The second-order valence-corrected chi connectivity index (χ2v) is 13.9. The highest BCUT2D eigenvalue weighted by molar-refractivity contribution is 5.97. The van der Waals surface area contributed by atoms with Crippen LogP contribution in [0.3, 0.4) is 0 Å². The number of H-pyrrole nitrogens is 1. The maximum Gasteiger partial charge on any atom is 0.326 e. The Morgan fingerprint density at radius 2 is 1.13 bits per heavy atom. The molecule has 62 heavy (non-hydrogen) atoms. The number of carboxylic acid groups (broad SMARTS) is 5. The minimum Gasteiger partial charge on any atom is -0.481 e. The summed E-state index contributed by atoms with van der Waals surface area (Å²) < 4.78 is 0. The van der Waals surface area contributed by atoms with Crippen molar-refractivity contribution in [1.29, 1.82) is 0 Å². The van der Waals surface area contributed by atoms with Gasteiger partial charge in [0.05, 0.1) is 17.4 Å². The summed E-state index contributed by atoms with van der Waals surface area (Å²) in [6, 6.07) is 4.82. The number of carboxylic acids is 5. The number of fused-ring (bicyclic) bond motifs is 1. The maximum atomic E-state index is 13.0. The van der Waals surface area contributed by atoms with E-state index in [1.54, 1.807) is 37.3 Å². The fourth-order valence-electron chi connectivity index (χ4n) is 5.96. The average Bonchev–Trinajstić information content (AvgIpc) is 3.20. The fourth-order valence-corrected chi connectivity index (χ4v) is 5.96. The van der Waals surface area contributed by atoms with Gasteiger partial charge in [0.25, 0.3) is 11.5 Å². The van der Waals surface area contributed by atoms with E-state index in [0.717, 1.165) is 5.56 Å². The number of nitrogens with one attached hydrogen (secondary N) is 5. The topological polar surface area (TPSA) is 352 Å². The van der Waals surface area contributed by atoms with Crippen molar-refractivity contribution >= 4 is 70.1 Å². The molecule has 3 aromatic rings. The molecule has 0 bridgehead atoms. The molecule has 0 fully saturated rings. The van der Waals surface area contributed by atoms with E-state index in [1.165, 1.54) is 12.1 Å². The highest BCUT2D eigenvalue weighted by Crippen LogP contribution is 2.20. The molecular formula is C40H45N7O15. The van der Waals surface area contributed by atoms with Crippen LogP contribution in [-0.2, 0) is 44.9 Å². The molecule has 22 heteroatoms. The molecule has 1 heterocycles. The van der Waals surface area contributed by atoms with Gasteiger partial charge in [0.2, 0.25) is 17.7 Å². The van der Waals surface area contributed by atoms with Crippen LogP contribution in [0.5, 0.6) is 0 Å². The predicted octanol–water partition coefficient (Wildman–Crippen LogP) is -0.0321. The van der Waals surface area contributed by atoms with Crippen molar-refractivity contribution in [2.75, 3.05) is 11.4 Å². The third-order valence-corrected chi connectivity index (χ3v) is 9.17. The molecular weight excluding hydrogens is 818 g/mol. The molecule has 0 saturated heterocycles. The number of aliphatic carboxylic acids is 5. The summed E-state index contributed by atoms with van der Waals surface area (Å²) >= 11 is 0. The van der Waals surface area contributed by atoms with E-state index in [1.807, 2.05) is 4.90 Å². The van der Waals surface area contributed by atoms with E-state index in [4.69, 9.17) is 11.5 Å². The first kappa shape index (κ1) is 48.5. The van der Waals surface area contributed by atoms with Crippen LogP contribution >= 0.6 is 0 Å². The summed E-state index contributed by atoms with van der Waals surface area (Å²) in [5.41, 5.74) is 1.68. The zero-order valence-corrected chi connectivity index (χ0v) is 33.2. The third-order valence-electron chi connectivity index (χ3n) is 9.17. The highest BCUT2D eigenvalue weighted by Gasteiger charge is 2.27. The molecule has 4 amide bonds. The summed E-state index contributed by atoms with van der Waals surface area (Å²) in [5.74, 6) is -8.02. The Bertz CT molecular complexity index is 2290. The van der Waals surface area contributed by atoms with E-state index in [9.17, 15) is 68.4 Å². The Labute approximate surface area is 352 Å². The number of aromatic nitrogens is 2. The lowest BCUT2D eigenvalue weighted by Crippen LogP contribution is -2.45. The van der Waals surface area contributed by atoms with Gasteiger partial charge >= 0.3 is 29.8 Å². The van der Waals surface area contributed by atoms with E-state index < -0.39 is 129 Å². The fraction of sp³-hybridized carbons (Fsp3) is 0.375. The van der Waals surface area contributed by atoms with Crippen molar-refractivity contribution in [2.24, 2.45) is 0 Å². The normalized spacial score (nSPS) is 12.6. The van der Waals surface area contributed by atoms with Gasteiger partial charge in [-0.2, -0.15) is 0 Å². The van der Waals surface area contributed by atoms with Gasteiger partial charge in [-0.15, -0.1) is 6.42 Å². The Morgan fingerprint density at radius 3 is 1.56 bits per heavy atom. The van der Waals surface area contributed by atoms with Gasteiger partial charge in [0, 0.05) is 43.5 Å². The van der Waals surface area contributed by atoms with Gasteiger partial charge in [-0.3, -0.25) is 28.8 Å². The molecule has 0 saturated carbocycles. The number of amides is 4. The van der Waals surface area contributed by atoms with Crippen molar-refractivity contribution < 1.29 is 68.7 Å². The zero-order valence-electron chi connectivity index (χ0n) is 33.2. The number of anilines is 1. The summed E-state index contributed by atoms with van der Waals surface area (Å²) in [6.07, 6.45) is 1.36. The smallest absolute Gasteiger partial charge is 0.326 e. The van der Waals surface area contributed by atoms with Crippen molar-refractivity contribution in [2.45, 2.75) is 89.0 Å². The number of rotatable bonds is 25. The van der Waals surface area contributed by atoms with Crippen LogP contribution in [0.15, 0.2) is 47.3 Å². The Kier molecular flexibility index (Phi) is 18.1. The van der Waals surface area contributed by atoms with Crippen molar-refractivity contribution in [3.05, 3.63) is 69.8 Å². The van der Waals surface area contributed by atoms with Gasteiger partial charge in [-0.05, 0) is 74.6 Å². The first-order chi connectivity index (χ1) is 29.3. The van der Waals surface area contributed by atoms with Gasteiger partial charge < -0.3 is 56.7 Å². The number of carbonyl (C=O) groups excluding carboxylic acids is 4. The molecule has 0 aliphatic carbocycles. The number of hydrogen-bond acceptors (Lipinski definition) is 12. The van der Waals surface area contributed by atoms with Crippen LogP contribution in [0.2, 0.25) is 0 Å². The van der Waals surface area contributed by atoms with Crippen molar-refractivity contribution in [3.63, 3.8) is 0 Å². The van der Waals surface area contributed by atoms with Crippen LogP contribution in [0.25, 0.3) is 10.9 Å². The third kappa shape index (κ3) is 15.4. The SMILES string of the molecule is C#CCN(Cc1ccc2nc(C)[nH]c(=O)c2c1)c1ccc(C(=O)N[C@@H](CCC(=O)N[C@@H](CCC(=O)N[C@@H](CCC(=O)N[C@@H](CCC(=O)O)C(=O)O)C(=O)O)C(=O)O)C(=O)O)cc1. The Hall–Kier alpha value is -7.83. The first-order valence-electron chi connectivity index (χ1n) is 18.9. The summed E-state index contributed by atoms with van der Waals surface area (Å²) in [6.45, 7) is 2.13. The van der Waals surface area contributed by atoms with E-state index in [2.05, 4.69) is 37.2 Å². The predicted molar refractivity (Wildman–Crippen MR) is 216 cm³/mol. The number of benzene rings is 2. The molecule has 0 aliphatic heterocycles. The molecule has 2 aromatic carbocycles. The van der Waals surface area contributed by atoms with Crippen LogP contribution in [-0.4, -0.2) is 120 Å². The second kappa shape index (κ2) is 23.1. The standard InChI is InChI=1S/C40H45N7O15/c1-3-18-47(20-22-4-9-26-25(19-22)36(54)42-21(2)41-26)24-7-5-23(6-8-24)35(53)46-30(40(61)62)12-16-33(50)44-28(38(57)58)10-14-31(48)43-27(37(55)56)11-15-32(49)45-29(39(59)60)13-17-34(51)52/h1,4-9,19,27-30H,10-18,20H2,2H3,(H,43,48)(H,44,50)(H,45,49)(H,46,53)(H,51,52)(H,55,56)(H,57,58)(H,59,60)(H,61,62)(H,41,42,54)/t27-,28-,29-,30-/m0/s1. The minimum absolute atomic E-state index is 0.0706. The number of aromatic amines is 1. The largest absolute Gasteiger partial charge is 0.481 e. The van der Waals surface area contributed by atoms with Crippen molar-refractivity contribution in [1.82, 2.24) is 31.2 Å². The number of nitrogens with zero attached hydrogens (tertiary/aromatic N) is 2. The molecule has 10 N–H and O–H groups in total. The van der Waals surface area contributed by atoms with Crippen LogP contribution < -0.4 is 31.7 Å². The highest BCUT2D eigenvalue weighted by atomic mass is 16.4. The Balaban J connectivity index is 1.52. The molecule has 22 nitrogen and oxygen atoms in total. The summed E-state index contributed by atoms with van der Waals surface area (Å²) in [7, 11) is 0. The maximum absolute atomic E-state index is 13.0. The average molecular weight is 864 g/mol. The molecule has 330 valence electrons. The number of terminal acetylenes is 1. The lowest BCUT2D eigenvalue weighted by Gasteiger charge is -2.23. The molecule has 0 aliphatic rings. The van der Waals surface area contributed by atoms with E-state index in [-0.39, 0.29) is 17.7 Å². The number of aryl methyl sites for hydroxylation is 1. The lowest BCUT2D eigenvalue weighted by molar-refractivity contribution is -0.144. The first-order valence-corrected chi connectivity index (χ1v) is 18.9. The van der Waals surface area contributed by atoms with E-state index >= 15 is 0 Å². The minimum atomic E-state index is -1.67. The van der Waals surface area contributed by atoms with E-state index in [0.29, 0.717) is 29.0 Å². The monoisotopic (exact) mass is 863 g/mol. The van der Waals surface area contributed by atoms with Crippen LogP contribution in [0.4, 0.5) is 5.69 Å². The molecule has 1 aromatic heterocycles. The Morgan fingerprint density at radius 1 is 0.677 bits per heavy atom. The quantitative estimate of drug-likeness (QED) is 0.0500. The zero-order chi connectivity index (χ0) is 46.1. The second-order valence-electron chi connectivity index (χ2n) is 13.9. The van der Waals surface area contributed by atoms with Crippen LogP contribution in [0, 0.1) is 19.3 Å². The molecule has 0 unspecified atom stereocenters. The van der Waals surface area contributed by atoms with Gasteiger partial charge in [-0.1, -0.05) is 12.0 Å². The van der Waals surface area contributed by atoms with Gasteiger partial charge in [-0.25, -0.2) is 24.2 Å². The molecule has 3 rings (SSSR count). The number of hydrogen-bond donors (Lipinski definition) is 10. The molecule has 0 spiro atoms. The van der Waals surface area contributed by atoms with Crippen LogP contribution in [0.1, 0.15) is 73.1 Å². The molecule has 0 radical (unpaired) electrons. The van der Waals surface area contributed by atoms with Gasteiger partial charge in [0.15, 0.2) is 0 Å². The lowest BCUT2D eigenvalue weighted by atomic mass is 10.1. The summed E-state index contributed by atoms with van der Waals surface area (Å²) in [4.78, 5) is 129. The number of carbonyl (C=O) groups is 9. The van der Waals surface area contributed by atoms with Gasteiger partial charge in [0.1, 0.15) is 30.0 Å². The van der Waals surface area contributed by atoms with Crippen molar-refractivity contribution in [3.8, 4) is 12.3 Å². The summed E-state index contributed by atoms with van der Waals surface area (Å²) in [5, 5.41) is 55.8.